The highest BCUT2D eigenvalue weighted by Gasteiger charge is 2.36. The van der Waals surface area contributed by atoms with Gasteiger partial charge in [-0.25, -0.2) is 4.79 Å². The second-order valence-electron chi connectivity index (χ2n) is 8.47. The highest BCUT2D eigenvalue weighted by molar-refractivity contribution is 6.30. The van der Waals surface area contributed by atoms with Gasteiger partial charge in [0.2, 0.25) is 0 Å². The Morgan fingerprint density at radius 1 is 0.781 bits per heavy atom. The van der Waals surface area contributed by atoms with E-state index in [9.17, 15) is 9.59 Å². The molecule has 0 saturated carbocycles. The summed E-state index contributed by atoms with van der Waals surface area (Å²) in [6.45, 7) is 1.88. The lowest BCUT2D eigenvalue weighted by Crippen LogP contribution is -2.23. The largest absolute Gasteiger partial charge is 0.491 e. The van der Waals surface area contributed by atoms with Crippen LogP contribution in [0.4, 0.5) is 0 Å². The van der Waals surface area contributed by atoms with E-state index in [0.717, 1.165) is 21.9 Å². The van der Waals surface area contributed by atoms with E-state index < -0.39 is 5.97 Å². The average molecular weight is 433 g/mol. The van der Waals surface area contributed by atoms with Gasteiger partial charge >= 0.3 is 5.97 Å². The van der Waals surface area contributed by atoms with Crippen molar-refractivity contribution in [3.05, 3.63) is 65.2 Å². The zero-order chi connectivity index (χ0) is 22.8. The maximum Gasteiger partial charge on any atom is 0.342 e. The van der Waals surface area contributed by atoms with Crippen LogP contribution in [0.1, 0.15) is 26.3 Å². The highest BCUT2D eigenvalue weighted by Crippen LogP contribution is 2.47. The monoisotopic (exact) mass is 432 g/mol. The summed E-state index contributed by atoms with van der Waals surface area (Å²) < 4.78 is 11.8. The fourth-order valence-corrected chi connectivity index (χ4v) is 4.02. The van der Waals surface area contributed by atoms with E-state index in [1.807, 2.05) is 80.5 Å². The fourth-order valence-electron chi connectivity index (χ4n) is 4.02. The number of carbonyl (C=O) groups excluding carboxylic acids is 2. The summed E-state index contributed by atoms with van der Waals surface area (Å²) in [5.74, 6) is -0.287. The molecule has 4 rings (SSSR count). The van der Waals surface area contributed by atoms with Crippen molar-refractivity contribution < 1.29 is 19.1 Å². The molecule has 0 aliphatic heterocycles. The van der Waals surface area contributed by atoms with Crippen molar-refractivity contribution in [3.63, 3.8) is 0 Å². The third-order valence-corrected chi connectivity index (χ3v) is 5.60. The molecule has 32 heavy (non-hydrogen) atoms. The second-order valence-corrected chi connectivity index (χ2v) is 8.47. The Bertz CT molecular complexity index is 1180. The normalized spacial score (nSPS) is 12.4. The van der Waals surface area contributed by atoms with Gasteiger partial charge in [0.15, 0.2) is 5.78 Å². The lowest BCUT2D eigenvalue weighted by Gasteiger charge is -2.19. The van der Waals surface area contributed by atoms with E-state index in [2.05, 4.69) is 0 Å². The number of benzene rings is 3. The van der Waals surface area contributed by atoms with Crippen LogP contribution in [-0.4, -0.2) is 76.0 Å². The molecule has 6 heteroatoms. The number of ether oxygens (including phenoxy) is 2. The molecule has 0 unspecified atom stereocenters. The molecule has 0 atom stereocenters. The number of esters is 1. The molecule has 0 radical (unpaired) electrons. The highest BCUT2D eigenvalue weighted by atomic mass is 16.5. The van der Waals surface area contributed by atoms with Gasteiger partial charge in [-0.2, -0.15) is 0 Å². The van der Waals surface area contributed by atoms with Crippen LogP contribution < -0.4 is 4.74 Å². The summed E-state index contributed by atoms with van der Waals surface area (Å²) in [7, 11) is 7.75. The lowest BCUT2D eigenvalue weighted by molar-refractivity contribution is 0.0475. The van der Waals surface area contributed by atoms with Gasteiger partial charge in [0.1, 0.15) is 24.5 Å². The summed E-state index contributed by atoms with van der Waals surface area (Å²) >= 11 is 0. The topological polar surface area (TPSA) is 59.1 Å². The Morgan fingerprint density at radius 2 is 1.38 bits per heavy atom. The van der Waals surface area contributed by atoms with Crippen LogP contribution in [-0.2, 0) is 4.74 Å². The molecule has 0 heterocycles. The molecule has 0 bridgehead atoms. The average Bonchev–Trinajstić information content (AvgIpc) is 3.06. The smallest absolute Gasteiger partial charge is 0.342 e. The lowest BCUT2D eigenvalue weighted by atomic mass is 9.92. The third kappa shape index (κ3) is 3.99. The molecule has 166 valence electrons. The molecule has 1 aliphatic carbocycles. The van der Waals surface area contributed by atoms with Crippen molar-refractivity contribution in [2.24, 2.45) is 0 Å². The molecule has 0 amide bonds. The molecular weight excluding hydrogens is 404 g/mol. The number of carbonyl (C=O) groups is 2. The number of ketones is 1. The summed E-state index contributed by atoms with van der Waals surface area (Å²) in [4.78, 5) is 30.8. The summed E-state index contributed by atoms with van der Waals surface area (Å²) in [6, 6.07) is 15.2. The van der Waals surface area contributed by atoms with Crippen molar-refractivity contribution in [1.29, 1.82) is 0 Å². The zero-order valence-corrected chi connectivity index (χ0v) is 19.0. The van der Waals surface area contributed by atoms with E-state index in [1.54, 1.807) is 6.07 Å². The maximum absolute atomic E-state index is 13.5. The van der Waals surface area contributed by atoms with Gasteiger partial charge in [-0.1, -0.05) is 48.5 Å². The number of rotatable bonds is 8. The van der Waals surface area contributed by atoms with Crippen molar-refractivity contribution in [2.75, 3.05) is 54.5 Å². The van der Waals surface area contributed by atoms with Crippen LogP contribution in [0, 0.1) is 0 Å². The molecule has 6 nitrogen and oxygen atoms in total. The molecule has 0 saturated heterocycles. The molecule has 3 aromatic rings. The number of likely N-dealkylation sites (N-methyl/N-ethyl adjacent to an activating group) is 2. The quantitative estimate of drug-likeness (QED) is 0.396. The first-order valence-electron chi connectivity index (χ1n) is 10.7. The predicted molar refractivity (Wildman–Crippen MR) is 126 cm³/mol. The first-order chi connectivity index (χ1) is 15.4. The third-order valence-electron chi connectivity index (χ3n) is 5.60. The molecule has 3 aromatic carbocycles. The van der Waals surface area contributed by atoms with E-state index in [0.29, 0.717) is 36.6 Å². The summed E-state index contributed by atoms with van der Waals surface area (Å²) in [5, 5.41) is 1.69. The van der Waals surface area contributed by atoms with Crippen LogP contribution in [0.15, 0.2) is 48.5 Å². The zero-order valence-electron chi connectivity index (χ0n) is 19.0. The Morgan fingerprint density at radius 3 is 2.06 bits per heavy atom. The first-order valence-corrected chi connectivity index (χ1v) is 10.7. The number of hydrogen-bond donors (Lipinski definition) is 0. The van der Waals surface area contributed by atoms with Gasteiger partial charge in [-0.15, -0.1) is 0 Å². The summed E-state index contributed by atoms with van der Waals surface area (Å²) in [5.41, 5.74) is 2.81. The van der Waals surface area contributed by atoms with Crippen molar-refractivity contribution in [2.45, 2.75) is 0 Å². The van der Waals surface area contributed by atoms with E-state index in [4.69, 9.17) is 9.47 Å². The Hall–Kier alpha value is -3.22. The van der Waals surface area contributed by atoms with Crippen molar-refractivity contribution in [1.82, 2.24) is 9.80 Å². The Labute approximate surface area is 188 Å². The van der Waals surface area contributed by atoms with Gasteiger partial charge in [-0.3, -0.25) is 4.79 Å². The predicted octanol–water partition coefficient (Wildman–Crippen LogP) is 3.71. The van der Waals surface area contributed by atoms with Crippen LogP contribution in [0.3, 0.4) is 0 Å². The van der Waals surface area contributed by atoms with Crippen LogP contribution in [0.25, 0.3) is 21.9 Å². The van der Waals surface area contributed by atoms with Gasteiger partial charge in [0, 0.05) is 35.2 Å². The van der Waals surface area contributed by atoms with Crippen molar-refractivity contribution >= 4 is 22.5 Å². The van der Waals surface area contributed by atoms with Gasteiger partial charge in [-0.05, 0) is 39.1 Å². The number of hydrogen-bond acceptors (Lipinski definition) is 6. The first kappa shape index (κ1) is 22.0. The second kappa shape index (κ2) is 9.10. The van der Waals surface area contributed by atoms with Gasteiger partial charge in [0.05, 0.1) is 0 Å². The van der Waals surface area contributed by atoms with Crippen LogP contribution in [0.5, 0.6) is 5.75 Å². The van der Waals surface area contributed by atoms with Crippen LogP contribution in [0.2, 0.25) is 0 Å². The minimum absolute atomic E-state index is 0.168. The number of fused-ring (bicyclic) bond motifs is 5. The van der Waals surface area contributed by atoms with E-state index in [1.165, 1.54) is 0 Å². The molecule has 0 N–H and O–H groups in total. The van der Waals surface area contributed by atoms with Gasteiger partial charge < -0.3 is 19.3 Å². The molecule has 0 fully saturated rings. The Kier molecular flexibility index (Phi) is 6.26. The minimum atomic E-state index is -0.533. The molecular formula is C26H28N2O4. The van der Waals surface area contributed by atoms with E-state index >= 15 is 0 Å². The Balaban J connectivity index is 1.92. The molecule has 0 spiro atoms. The minimum Gasteiger partial charge on any atom is -0.491 e. The van der Waals surface area contributed by atoms with E-state index in [-0.39, 0.29) is 18.0 Å². The molecule has 0 aromatic heterocycles. The van der Waals surface area contributed by atoms with Crippen molar-refractivity contribution in [3.8, 4) is 16.9 Å². The fraction of sp³-hybridized carbons (Fsp3) is 0.308. The number of nitrogens with zero attached hydrogens (tertiary/aromatic N) is 2. The standard InChI is InChI=1S/C26H28N2O4/c1-27(2)13-15-31-25-20-12-8-6-10-18(20)21-17-9-5-7-11-19(17)24(29)22(21)23(25)26(30)32-16-14-28(3)4/h5-12H,13-16H2,1-4H3. The summed E-state index contributed by atoms with van der Waals surface area (Å²) in [6.07, 6.45) is 0. The maximum atomic E-state index is 13.5. The SMILES string of the molecule is CN(C)CCOC(=O)c1c2c(c3ccccc3c1OCCN(C)C)-c1ccccc1C2=O. The van der Waals surface area contributed by atoms with Gasteiger partial charge in [0.25, 0.3) is 0 Å². The van der Waals surface area contributed by atoms with Crippen LogP contribution >= 0.6 is 0 Å². The molecule has 1 aliphatic rings.